The summed E-state index contributed by atoms with van der Waals surface area (Å²) in [4.78, 5) is 10.5. The van der Waals surface area contributed by atoms with Crippen molar-refractivity contribution in [3.05, 3.63) is 34.7 Å². The second-order valence-electron chi connectivity index (χ2n) is 6.27. The summed E-state index contributed by atoms with van der Waals surface area (Å²) in [6.07, 6.45) is 0.833. The van der Waals surface area contributed by atoms with Crippen LogP contribution in [0.25, 0.3) is 10.1 Å². The fourth-order valence-electron chi connectivity index (χ4n) is 2.38. The number of rotatable bonds is 4. The van der Waals surface area contributed by atoms with Crippen molar-refractivity contribution in [2.45, 2.75) is 33.6 Å². The SMILES string of the molecule is CC(C)(C)Cc1csc2c(CCNC(=O)O)cccc12. The van der Waals surface area contributed by atoms with Crippen molar-refractivity contribution in [3.63, 3.8) is 0 Å². The first-order valence-corrected chi connectivity index (χ1v) is 7.69. The van der Waals surface area contributed by atoms with Crippen LogP contribution in [0.1, 0.15) is 31.9 Å². The Kier molecular flexibility index (Phi) is 4.33. The van der Waals surface area contributed by atoms with Gasteiger partial charge in [0, 0.05) is 11.2 Å². The fourth-order valence-corrected chi connectivity index (χ4v) is 3.50. The first-order valence-electron chi connectivity index (χ1n) is 6.81. The number of fused-ring (bicyclic) bond motifs is 1. The minimum atomic E-state index is -0.961. The third-order valence-electron chi connectivity index (χ3n) is 3.15. The van der Waals surface area contributed by atoms with E-state index in [4.69, 9.17) is 5.11 Å². The normalized spacial score (nSPS) is 11.8. The van der Waals surface area contributed by atoms with Crippen LogP contribution >= 0.6 is 11.3 Å². The topological polar surface area (TPSA) is 49.3 Å². The number of carboxylic acid groups (broad SMARTS) is 1. The lowest BCUT2D eigenvalue weighted by Gasteiger charge is -2.17. The van der Waals surface area contributed by atoms with Crippen molar-refractivity contribution in [2.75, 3.05) is 6.54 Å². The first kappa shape index (κ1) is 14.9. The molecule has 1 aromatic carbocycles. The van der Waals surface area contributed by atoms with Crippen LogP contribution in [-0.2, 0) is 12.8 Å². The molecule has 3 nitrogen and oxygen atoms in total. The standard InChI is InChI=1S/C16H21NO2S/c1-16(2,3)9-12-10-20-14-11(5-4-6-13(12)14)7-8-17-15(18)19/h4-6,10,17H,7-9H2,1-3H3,(H,18,19). The van der Waals surface area contributed by atoms with Gasteiger partial charge in [-0.05, 0) is 40.1 Å². The molecule has 2 rings (SSSR count). The van der Waals surface area contributed by atoms with E-state index in [0.717, 1.165) is 12.8 Å². The van der Waals surface area contributed by atoms with Gasteiger partial charge >= 0.3 is 6.09 Å². The maximum absolute atomic E-state index is 10.5. The molecule has 0 fully saturated rings. The minimum absolute atomic E-state index is 0.273. The van der Waals surface area contributed by atoms with Gasteiger partial charge in [-0.25, -0.2) is 4.79 Å². The lowest BCUT2D eigenvalue weighted by Crippen LogP contribution is -2.23. The molecular weight excluding hydrogens is 270 g/mol. The number of hydrogen-bond acceptors (Lipinski definition) is 2. The zero-order chi connectivity index (χ0) is 14.8. The molecule has 0 radical (unpaired) electrons. The largest absolute Gasteiger partial charge is 0.465 e. The van der Waals surface area contributed by atoms with Crippen LogP contribution in [0.2, 0.25) is 0 Å². The number of amides is 1. The molecule has 0 spiro atoms. The fraction of sp³-hybridized carbons (Fsp3) is 0.438. The van der Waals surface area contributed by atoms with Gasteiger partial charge in [0.1, 0.15) is 0 Å². The van der Waals surface area contributed by atoms with Gasteiger partial charge < -0.3 is 10.4 Å². The second-order valence-corrected chi connectivity index (χ2v) is 7.15. The zero-order valence-electron chi connectivity index (χ0n) is 12.2. The molecule has 20 heavy (non-hydrogen) atoms. The van der Waals surface area contributed by atoms with Crippen LogP contribution in [0.15, 0.2) is 23.6 Å². The minimum Gasteiger partial charge on any atom is -0.465 e. The van der Waals surface area contributed by atoms with E-state index in [1.165, 1.54) is 21.2 Å². The van der Waals surface area contributed by atoms with Crippen LogP contribution < -0.4 is 5.32 Å². The molecule has 0 saturated carbocycles. The molecule has 1 heterocycles. The second kappa shape index (κ2) is 5.83. The van der Waals surface area contributed by atoms with Gasteiger partial charge in [-0.2, -0.15) is 0 Å². The van der Waals surface area contributed by atoms with Crippen molar-refractivity contribution in [2.24, 2.45) is 5.41 Å². The van der Waals surface area contributed by atoms with E-state index in [1.807, 2.05) is 0 Å². The van der Waals surface area contributed by atoms with Gasteiger partial charge in [0.05, 0.1) is 0 Å². The van der Waals surface area contributed by atoms with Gasteiger partial charge in [0.25, 0.3) is 0 Å². The van der Waals surface area contributed by atoms with Crippen LogP contribution in [0.4, 0.5) is 4.79 Å². The lowest BCUT2D eigenvalue weighted by molar-refractivity contribution is 0.194. The third-order valence-corrected chi connectivity index (χ3v) is 4.27. The molecular formula is C16H21NO2S. The summed E-state index contributed by atoms with van der Waals surface area (Å²) in [6, 6.07) is 6.32. The molecule has 0 bridgehead atoms. The Hall–Kier alpha value is -1.55. The van der Waals surface area contributed by atoms with Gasteiger partial charge in [-0.3, -0.25) is 0 Å². The Balaban J connectivity index is 2.23. The van der Waals surface area contributed by atoms with Crippen LogP contribution in [0, 0.1) is 5.41 Å². The first-order chi connectivity index (χ1) is 9.37. The van der Waals surface area contributed by atoms with E-state index < -0.39 is 6.09 Å². The zero-order valence-corrected chi connectivity index (χ0v) is 13.0. The predicted molar refractivity (Wildman–Crippen MR) is 84.7 cm³/mol. The third kappa shape index (κ3) is 3.73. The van der Waals surface area contributed by atoms with Crippen molar-refractivity contribution in [1.29, 1.82) is 0 Å². The molecule has 0 unspecified atom stereocenters. The van der Waals surface area contributed by atoms with Crippen molar-refractivity contribution < 1.29 is 9.90 Å². The van der Waals surface area contributed by atoms with Gasteiger partial charge in [0.15, 0.2) is 0 Å². The Morgan fingerprint density at radius 3 is 2.70 bits per heavy atom. The van der Waals surface area contributed by atoms with Crippen LogP contribution in [0.5, 0.6) is 0 Å². The van der Waals surface area contributed by atoms with E-state index in [2.05, 4.69) is 49.7 Å². The molecule has 1 aromatic heterocycles. The summed E-state index contributed by atoms with van der Waals surface area (Å²) in [7, 11) is 0. The van der Waals surface area contributed by atoms with Crippen molar-refractivity contribution >= 4 is 27.5 Å². The maximum atomic E-state index is 10.5. The molecule has 0 aliphatic heterocycles. The number of nitrogens with one attached hydrogen (secondary N) is 1. The van der Waals surface area contributed by atoms with Gasteiger partial charge in [-0.1, -0.05) is 39.0 Å². The Labute approximate surface area is 123 Å². The molecule has 0 aliphatic carbocycles. The summed E-state index contributed by atoms with van der Waals surface area (Å²) in [6.45, 7) is 7.20. The van der Waals surface area contributed by atoms with E-state index >= 15 is 0 Å². The molecule has 2 N–H and O–H groups in total. The number of hydrogen-bond donors (Lipinski definition) is 2. The highest BCUT2D eigenvalue weighted by Crippen LogP contribution is 2.33. The summed E-state index contributed by atoms with van der Waals surface area (Å²) in [5, 5.41) is 14.6. The number of carbonyl (C=O) groups is 1. The summed E-state index contributed by atoms with van der Waals surface area (Å²) in [5.74, 6) is 0. The average Bonchev–Trinajstić information content (AvgIpc) is 2.71. The monoisotopic (exact) mass is 291 g/mol. The molecule has 108 valence electrons. The quantitative estimate of drug-likeness (QED) is 0.882. The number of benzene rings is 1. The Bertz CT molecular complexity index is 610. The van der Waals surface area contributed by atoms with Crippen molar-refractivity contribution in [1.82, 2.24) is 5.32 Å². The molecule has 0 aliphatic rings. The van der Waals surface area contributed by atoms with Crippen LogP contribution in [0.3, 0.4) is 0 Å². The van der Waals surface area contributed by atoms with E-state index in [1.54, 1.807) is 11.3 Å². The molecule has 4 heteroatoms. The predicted octanol–water partition coefficient (Wildman–Crippen LogP) is 4.30. The lowest BCUT2D eigenvalue weighted by atomic mass is 9.88. The summed E-state index contributed by atoms with van der Waals surface area (Å²) < 4.78 is 1.29. The highest BCUT2D eigenvalue weighted by molar-refractivity contribution is 7.17. The van der Waals surface area contributed by atoms with Crippen LogP contribution in [-0.4, -0.2) is 17.7 Å². The molecule has 2 aromatic rings. The van der Waals surface area contributed by atoms with E-state index in [9.17, 15) is 4.79 Å². The molecule has 0 atom stereocenters. The van der Waals surface area contributed by atoms with E-state index in [-0.39, 0.29) is 5.41 Å². The highest BCUT2D eigenvalue weighted by Gasteiger charge is 2.15. The van der Waals surface area contributed by atoms with Gasteiger partial charge in [-0.15, -0.1) is 11.3 Å². The Morgan fingerprint density at radius 1 is 1.30 bits per heavy atom. The highest BCUT2D eigenvalue weighted by atomic mass is 32.1. The molecule has 1 amide bonds. The summed E-state index contributed by atoms with van der Waals surface area (Å²) >= 11 is 1.76. The van der Waals surface area contributed by atoms with E-state index in [0.29, 0.717) is 6.54 Å². The average molecular weight is 291 g/mol. The van der Waals surface area contributed by atoms with Gasteiger partial charge in [0.2, 0.25) is 0 Å². The molecule has 0 saturated heterocycles. The maximum Gasteiger partial charge on any atom is 0.404 e. The van der Waals surface area contributed by atoms with Crippen molar-refractivity contribution in [3.8, 4) is 0 Å². The Morgan fingerprint density at radius 2 is 2.05 bits per heavy atom. The number of thiophene rings is 1. The smallest absolute Gasteiger partial charge is 0.404 e. The summed E-state index contributed by atoms with van der Waals surface area (Å²) in [5.41, 5.74) is 2.89.